The fourth-order valence-electron chi connectivity index (χ4n) is 2.19. The SMILES string of the molecule is CCN(CC(=O)NC)C(=O)c1ccc2c(c1)CNC2. The summed E-state index contributed by atoms with van der Waals surface area (Å²) in [5.41, 5.74) is 3.06. The molecule has 1 aliphatic rings. The molecule has 0 radical (unpaired) electrons. The number of likely N-dealkylation sites (N-methyl/N-ethyl adjacent to an activating group) is 2. The molecule has 0 fully saturated rings. The van der Waals surface area contributed by atoms with Crippen LogP contribution in [0.15, 0.2) is 18.2 Å². The molecular weight excluding hydrogens is 242 g/mol. The van der Waals surface area contributed by atoms with Crippen LogP contribution in [0, 0.1) is 0 Å². The summed E-state index contributed by atoms with van der Waals surface area (Å²) in [6.45, 7) is 4.15. The molecule has 102 valence electrons. The normalized spacial score (nSPS) is 12.9. The van der Waals surface area contributed by atoms with Crippen molar-refractivity contribution in [1.82, 2.24) is 15.5 Å². The minimum atomic E-state index is -0.155. The van der Waals surface area contributed by atoms with E-state index in [-0.39, 0.29) is 18.4 Å². The molecule has 0 aromatic heterocycles. The molecule has 0 atom stereocenters. The van der Waals surface area contributed by atoms with Crippen molar-refractivity contribution in [3.05, 3.63) is 34.9 Å². The smallest absolute Gasteiger partial charge is 0.254 e. The van der Waals surface area contributed by atoms with Crippen molar-refractivity contribution in [2.24, 2.45) is 0 Å². The standard InChI is InChI=1S/C14H19N3O2/c1-3-17(9-13(18)15-2)14(19)10-4-5-11-7-16-8-12(11)6-10/h4-6,16H,3,7-9H2,1-2H3,(H,15,18). The molecule has 5 nitrogen and oxygen atoms in total. The molecule has 0 saturated heterocycles. The molecule has 0 spiro atoms. The van der Waals surface area contributed by atoms with E-state index in [1.807, 2.05) is 25.1 Å². The molecule has 0 bridgehead atoms. The monoisotopic (exact) mass is 261 g/mol. The average molecular weight is 261 g/mol. The van der Waals surface area contributed by atoms with Crippen LogP contribution >= 0.6 is 0 Å². The van der Waals surface area contributed by atoms with Gasteiger partial charge in [0.25, 0.3) is 5.91 Å². The fourth-order valence-corrected chi connectivity index (χ4v) is 2.19. The Morgan fingerprint density at radius 3 is 2.74 bits per heavy atom. The van der Waals surface area contributed by atoms with Gasteiger partial charge in [0.1, 0.15) is 0 Å². The maximum absolute atomic E-state index is 12.4. The Labute approximate surface area is 113 Å². The number of benzene rings is 1. The van der Waals surface area contributed by atoms with Crippen LogP contribution in [0.25, 0.3) is 0 Å². The third kappa shape index (κ3) is 2.93. The summed E-state index contributed by atoms with van der Waals surface area (Å²) in [4.78, 5) is 25.3. The topological polar surface area (TPSA) is 61.4 Å². The zero-order chi connectivity index (χ0) is 13.8. The summed E-state index contributed by atoms with van der Waals surface area (Å²) in [6.07, 6.45) is 0. The van der Waals surface area contributed by atoms with E-state index in [4.69, 9.17) is 0 Å². The molecular formula is C14H19N3O2. The van der Waals surface area contributed by atoms with Crippen molar-refractivity contribution in [2.45, 2.75) is 20.0 Å². The molecule has 0 unspecified atom stereocenters. The van der Waals surface area contributed by atoms with E-state index >= 15 is 0 Å². The number of hydrogen-bond acceptors (Lipinski definition) is 3. The number of carbonyl (C=O) groups excluding carboxylic acids is 2. The highest BCUT2D eigenvalue weighted by atomic mass is 16.2. The van der Waals surface area contributed by atoms with Gasteiger partial charge in [-0.2, -0.15) is 0 Å². The van der Waals surface area contributed by atoms with Gasteiger partial charge in [-0.15, -0.1) is 0 Å². The molecule has 2 amide bonds. The minimum Gasteiger partial charge on any atom is -0.358 e. The second-order valence-corrected chi connectivity index (χ2v) is 4.58. The van der Waals surface area contributed by atoms with Gasteiger partial charge in [-0.3, -0.25) is 9.59 Å². The van der Waals surface area contributed by atoms with Gasteiger partial charge >= 0.3 is 0 Å². The van der Waals surface area contributed by atoms with E-state index in [9.17, 15) is 9.59 Å². The van der Waals surface area contributed by atoms with Crippen molar-refractivity contribution in [2.75, 3.05) is 20.1 Å². The minimum absolute atomic E-state index is 0.0965. The number of amides is 2. The van der Waals surface area contributed by atoms with Gasteiger partial charge in [0.2, 0.25) is 5.91 Å². The molecule has 19 heavy (non-hydrogen) atoms. The van der Waals surface area contributed by atoms with E-state index in [0.717, 1.165) is 13.1 Å². The lowest BCUT2D eigenvalue weighted by Gasteiger charge is -2.20. The lowest BCUT2D eigenvalue weighted by atomic mass is 10.1. The summed E-state index contributed by atoms with van der Waals surface area (Å²) in [7, 11) is 1.57. The highest BCUT2D eigenvalue weighted by molar-refractivity contribution is 5.96. The highest BCUT2D eigenvalue weighted by Crippen LogP contribution is 2.18. The Kier molecular flexibility index (Phi) is 4.16. The van der Waals surface area contributed by atoms with Crippen LogP contribution in [0.5, 0.6) is 0 Å². The molecule has 1 aliphatic heterocycles. The van der Waals surface area contributed by atoms with Crippen molar-refractivity contribution in [3.8, 4) is 0 Å². The summed E-state index contributed by atoms with van der Waals surface area (Å²) < 4.78 is 0. The molecule has 2 N–H and O–H groups in total. The van der Waals surface area contributed by atoms with Crippen molar-refractivity contribution in [1.29, 1.82) is 0 Å². The predicted molar refractivity (Wildman–Crippen MR) is 72.6 cm³/mol. The van der Waals surface area contributed by atoms with Crippen molar-refractivity contribution < 1.29 is 9.59 Å². The van der Waals surface area contributed by atoms with E-state index in [0.29, 0.717) is 12.1 Å². The van der Waals surface area contributed by atoms with E-state index in [2.05, 4.69) is 10.6 Å². The third-order valence-electron chi connectivity index (χ3n) is 3.37. The number of nitrogens with one attached hydrogen (secondary N) is 2. The van der Waals surface area contributed by atoms with Gasteiger partial charge in [-0.1, -0.05) is 6.07 Å². The zero-order valence-corrected chi connectivity index (χ0v) is 11.3. The largest absolute Gasteiger partial charge is 0.358 e. The number of nitrogens with zero attached hydrogens (tertiary/aromatic N) is 1. The van der Waals surface area contributed by atoms with Crippen LogP contribution in [0.1, 0.15) is 28.4 Å². The maximum atomic E-state index is 12.4. The summed E-state index contributed by atoms with van der Waals surface area (Å²) in [5.74, 6) is -0.251. The fraction of sp³-hybridized carbons (Fsp3) is 0.429. The quantitative estimate of drug-likeness (QED) is 0.829. The molecule has 1 aromatic rings. The number of fused-ring (bicyclic) bond motifs is 1. The second-order valence-electron chi connectivity index (χ2n) is 4.58. The Hall–Kier alpha value is -1.88. The Morgan fingerprint density at radius 1 is 1.32 bits per heavy atom. The van der Waals surface area contributed by atoms with Crippen LogP contribution in [0.2, 0.25) is 0 Å². The number of rotatable bonds is 4. The first-order chi connectivity index (χ1) is 9.15. The van der Waals surface area contributed by atoms with Crippen LogP contribution in [-0.4, -0.2) is 36.9 Å². The summed E-state index contributed by atoms with van der Waals surface area (Å²) >= 11 is 0. The first-order valence-electron chi connectivity index (χ1n) is 6.48. The first kappa shape index (κ1) is 13.5. The summed E-state index contributed by atoms with van der Waals surface area (Å²) in [6, 6.07) is 5.74. The lowest BCUT2D eigenvalue weighted by molar-refractivity contribution is -0.121. The zero-order valence-electron chi connectivity index (χ0n) is 11.3. The molecule has 1 aromatic carbocycles. The first-order valence-corrected chi connectivity index (χ1v) is 6.48. The molecule has 2 rings (SSSR count). The number of hydrogen-bond donors (Lipinski definition) is 2. The van der Waals surface area contributed by atoms with Crippen LogP contribution in [0.4, 0.5) is 0 Å². The molecule has 0 aliphatic carbocycles. The lowest BCUT2D eigenvalue weighted by Crippen LogP contribution is -2.39. The Bertz CT molecular complexity index is 499. The maximum Gasteiger partial charge on any atom is 0.254 e. The average Bonchev–Trinajstić information content (AvgIpc) is 2.90. The van der Waals surface area contributed by atoms with Crippen LogP contribution in [0.3, 0.4) is 0 Å². The van der Waals surface area contributed by atoms with Gasteiger partial charge < -0.3 is 15.5 Å². The Morgan fingerprint density at radius 2 is 2.05 bits per heavy atom. The molecule has 5 heteroatoms. The highest BCUT2D eigenvalue weighted by Gasteiger charge is 2.19. The van der Waals surface area contributed by atoms with Gasteiger partial charge in [-0.05, 0) is 30.2 Å². The van der Waals surface area contributed by atoms with Gasteiger partial charge in [0, 0.05) is 32.2 Å². The summed E-state index contributed by atoms with van der Waals surface area (Å²) in [5, 5.41) is 5.78. The van der Waals surface area contributed by atoms with Crippen molar-refractivity contribution in [3.63, 3.8) is 0 Å². The van der Waals surface area contributed by atoms with E-state index in [1.54, 1.807) is 11.9 Å². The van der Waals surface area contributed by atoms with Gasteiger partial charge in [-0.25, -0.2) is 0 Å². The van der Waals surface area contributed by atoms with Crippen LogP contribution in [-0.2, 0) is 17.9 Å². The van der Waals surface area contributed by atoms with Crippen LogP contribution < -0.4 is 10.6 Å². The molecule has 1 heterocycles. The van der Waals surface area contributed by atoms with Gasteiger partial charge in [0.05, 0.1) is 6.54 Å². The molecule has 0 saturated carbocycles. The Balaban J connectivity index is 2.15. The predicted octanol–water partition coefficient (Wildman–Crippen LogP) is 0.498. The number of carbonyl (C=O) groups is 2. The van der Waals surface area contributed by atoms with Crippen molar-refractivity contribution >= 4 is 11.8 Å². The van der Waals surface area contributed by atoms with Gasteiger partial charge in [0.15, 0.2) is 0 Å². The second kappa shape index (κ2) is 5.84. The third-order valence-corrected chi connectivity index (χ3v) is 3.37. The van der Waals surface area contributed by atoms with E-state index < -0.39 is 0 Å². The van der Waals surface area contributed by atoms with E-state index in [1.165, 1.54) is 11.1 Å².